The van der Waals surface area contributed by atoms with Crippen LogP contribution in [0.1, 0.15) is 57.8 Å². The van der Waals surface area contributed by atoms with Crippen LogP contribution in [0, 0.1) is 0 Å². The Kier molecular flexibility index (Phi) is 5.01. The molecule has 2 aliphatic rings. The molecule has 4 heteroatoms. The molecule has 4 nitrogen and oxygen atoms in total. The van der Waals surface area contributed by atoms with Gasteiger partial charge in [-0.2, -0.15) is 0 Å². The van der Waals surface area contributed by atoms with Crippen molar-refractivity contribution in [2.75, 3.05) is 13.2 Å². The molecule has 0 heterocycles. The van der Waals surface area contributed by atoms with Gasteiger partial charge < -0.3 is 15.8 Å². The van der Waals surface area contributed by atoms with Crippen molar-refractivity contribution >= 4 is 5.91 Å². The summed E-state index contributed by atoms with van der Waals surface area (Å²) in [6.07, 6.45) is 10.3. The molecule has 2 aliphatic carbocycles. The van der Waals surface area contributed by atoms with Crippen LogP contribution in [0.5, 0.6) is 0 Å². The second-order valence-electron chi connectivity index (χ2n) is 5.79. The number of rotatable bonds is 5. The summed E-state index contributed by atoms with van der Waals surface area (Å²) in [5, 5.41) is 3.05. The maximum atomic E-state index is 11.8. The fraction of sp³-hybridized carbons (Fsp3) is 0.929. The van der Waals surface area contributed by atoms with Gasteiger partial charge in [0.15, 0.2) is 0 Å². The van der Waals surface area contributed by atoms with E-state index in [0.29, 0.717) is 12.6 Å². The summed E-state index contributed by atoms with van der Waals surface area (Å²) in [4.78, 5) is 11.8. The summed E-state index contributed by atoms with van der Waals surface area (Å²) >= 11 is 0. The van der Waals surface area contributed by atoms with E-state index in [1.165, 1.54) is 32.1 Å². The second-order valence-corrected chi connectivity index (χ2v) is 5.79. The maximum Gasteiger partial charge on any atom is 0.246 e. The van der Waals surface area contributed by atoms with Crippen LogP contribution in [0.15, 0.2) is 0 Å². The first-order chi connectivity index (χ1) is 8.74. The van der Waals surface area contributed by atoms with Gasteiger partial charge in [0.05, 0.1) is 5.60 Å². The number of amides is 1. The molecule has 2 fully saturated rings. The first kappa shape index (κ1) is 13.8. The van der Waals surface area contributed by atoms with Gasteiger partial charge in [0.2, 0.25) is 5.91 Å². The lowest BCUT2D eigenvalue weighted by Crippen LogP contribution is -2.45. The van der Waals surface area contributed by atoms with E-state index < -0.39 is 0 Å². The molecule has 104 valence electrons. The van der Waals surface area contributed by atoms with E-state index in [-0.39, 0.29) is 18.1 Å². The molecule has 0 aliphatic heterocycles. The Morgan fingerprint density at radius 3 is 2.44 bits per heavy atom. The third-order valence-electron chi connectivity index (χ3n) is 4.37. The Bertz CT molecular complexity index is 269. The van der Waals surface area contributed by atoms with E-state index in [4.69, 9.17) is 10.5 Å². The van der Waals surface area contributed by atoms with E-state index >= 15 is 0 Å². The number of hydrogen-bond acceptors (Lipinski definition) is 3. The molecular weight excluding hydrogens is 228 g/mol. The number of ether oxygens (including phenoxy) is 1. The number of carbonyl (C=O) groups excluding carboxylic acids is 1. The lowest BCUT2D eigenvalue weighted by Gasteiger charge is -2.36. The van der Waals surface area contributed by atoms with E-state index in [1.807, 2.05) is 0 Å². The zero-order valence-electron chi connectivity index (χ0n) is 11.2. The van der Waals surface area contributed by atoms with Gasteiger partial charge >= 0.3 is 0 Å². The predicted octanol–water partition coefficient (Wildman–Crippen LogP) is 1.72. The Morgan fingerprint density at radius 1 is 1.17 bits per heavy atom. The van der Waals surface area contributed by atoms with Crippen molar-refractivity contribution in [2.45, 2.75) is 69.4 Å². The quantitative estimate of drug-likeness (QED) is 0.785. The van der Waals surface area contributed by atoms with Crippen molar-refractivity contribution in [3.05, 3.63) is 0 Å². The molecule has 18 heavy (non-hydrogen) atoms. The maximum absolute atomic E-state index is 11.8. The minimum Gasteiger partial charge on any atom is -0.364 e. The molecule has 2 rings (SSSR count). The molecule has 0 unspecified atom stereocenters. The van der Waals surface area contributed by atoms with Crippen LogP contribution in [0.4, 0.5) is 0 Å². The smallest absolute Gasteiger partial charge is 0.246 e. The minimum absolute atomic E-state index is 0.0281. The molecule has 1 amide bonds. The van der Waals surface area contributed by atoms with Gasteiger partial charge in [-0.15, -0.1) is 0 Å². The molecular formula is C14H26N2O2. The monoisotopic (exact) mass is 254 g/mol. The van der Waals surface area contributed by atoms with E-state index in [9.17, 15) is 4.79 Å². The third-order valence-corrected chi connectivity index (χ3v) is 4.37. The van der Waals surface area contributed by atoms with Crippen LogP contribution < -0.4 is 11.1 Å². The molecule has 3 N–H and O–H groups in total. The van der Waals surface area contributed by atoms with E-state index in [2.05, 4.69) is 5.32 Å². The molecule has 0 spiro atoms. The van der Waals surface area contributed by atoms with Crippen molar-refractivity contribution in [1.29, 1.82) is 0 Å². The van der Waals surface area contributed by atoms with Crippen molar-refractivity contribution in [3.63, 3.8) is 0 Å². The summed E-state index contributed by atoms with van der Waals surface area (Å²) in [5.74, 6) is 0.0281. The van der Waals surface area contributed by atoms with E-state index in [1.54, 1.807) is 0 Å². The third kappa shape index (κ3) is 3.69. The molecule has 0 aromatic rings. The number of nitrogens with one attached hydrogen (secondary N) is 1. The molecule has 0 aromatic carbocycles. The van der Waals surface area contributed by atoms with Gasteiger partial charge in [0.1, 0.15) is 6.61 Å². The summed E-state index contributed by atoms with van der Waals surface area (Å²) < 4.78 is 5.85. The van der Waals surface area contributed by atoms with Crippen molar-refractivity contribution in [2.24, 2.45) is 5.73 Å². The molecule has 2 saturated carbocycles. The van der Waals surface area contributed by atoms with Crippen LogP contribution in [0.25, 0.3) is 0 Å². The van der Waals surface area contributed by atoms with Gasteiger partial charge in [0.25, 0.3) is 0 Å². The first-order valence-corrected chi connectivity index (χ1v) is 7.37. The number of hydrogen-bond donors (Lipinski definition) is 2. The highest BCUT2D eigenvalue weighted by atomic mass is 16.5. The minimum atomic E-state index is -0.231. The zero-order valence-corrected chi connectivity index (χ0v) is 11.2. The highest BCUT2D eigenvalue weighted by Gasteiger charge is 2.32. The highest BCUT2D eigenvalue weighted by Crippen LogP contribution is 2.30. The highest BCUT2D eigenvalue weighted by molar-refractivity contribution is 5.77. The largest absolute Gasteiger partial charge is 0.364 e. The van der Waals surface area contributed by atoms with Gasteiger partial charge in [-0.25, -0.2) is 0 Å². The molecule has 0 bridgehead atoms. The van der Waals surface area contributed by atoms with Crippen LogP contribution >= 0.6 is 0 Å². The van der Waals surface area contributed by atoms with Gasteiger partial charge in [-0.05, 0) is 25.7 Å². The predicted molar refractivity (Wildman–Crippen MR) is 71.2 cm³/mol. The van der Waals surface area contributed by atoms with Crippen molar-refractivity contribution < 1.29 is 9.53 Å². The van der Waals surface area contributed by atoms with Crippen LogP contribution in [0.3, 0.4) is 0 Å². The zero-order chi connectivity index (χ0) is 12.8. The van der Waals surface area contributed by atoms with Crippen LogP contribution in [0.2, 0.25) is 0 Å². The number of carbonyl (C=O) groups is 1. The Balaban J connectivity index is 1.73. The average molecular weight is 254 g/mol. The SMILES string of the molecule is NCC1(OCC(=O)NC2CCCC2)CCCCC1. The van der Waals surface area contributed by atoms with Crippen LogP contribution in [-0.4, -0.2) is 30.7 Å². The van der Waals surface area contributed by atoms with Crippen LogP contribution in [-0.2, 0) is 9.53 Å². The Hall–Kier alpha value is -0.610. The standard InChI is InChI=1S/C14H26N2O2/c15-11-14(8-4-1-5-9-14)18-10-13(17)16-12-6-2-3-7-12/h12H,1-11,15H2,(H,16,17). The van der Waals surface area contributed by atoms with Crippen molar-refractivity contribution in [1.82, 2.24) is 5.32 Å². The normalized spacial score (nSPS) is 24.1. The fourth-order valence-corrected chi connectivity index (χ4v) is 3.16. The summed E-state index contributed by atoms with van der Waals surface area (Å²) in [6, 6.07) is 0.376. The molecule has 0 radical (unpaired) electrons. The summed E-state index contributed by atoms with van der Waals surface area (Å²) in [5.41, 5.74) is 5.60. The number of nitrogens with two attached hydrogens (primary N) is 1. The average Bonchev–Trinajstić information content (AvgIpc) is 2.90. The lowest BCUT2D eigenvalue weighted by molar-refractivity contribution is -0.136. The van der Waals surface area contributed by atoms with Crippen molar-refractivity contribution in [3.8, 4) is 0 Å². The Morgan fingerprint density at radius 2 is 1.83 bits per heavy atom. The lowest BCUT2D eigenvalue weighted by atomic mass is 9.85. The molecule has 0 atom stereocenters. The second kappa shape index (κ2) is 6.53. The topological polar surface area (TPSA) is 64.3 Å². The first-order valence-electron chi connectivity index (χ1n) is 7.37. The van der Waals surface area contributed by atoms with Gasteiger partial charge in [-0.1, -0.05) is 32.1 Å². The Labute approximate surface area is 110 Å². The van der Waals surface area contributed by atoms with Gasteiger partial charge in [0, 0.05) is 12.6 Å². The van der Waals surface area contributed by atoms with E-state index in [0.717, 1.165) is 25.7 Å². The van der Waals surface area contributed by atoms with Gasteiger partial charge in [-0.3, -0.25) is 4.79 Å². The summed E-state index contributed by atoms with van der Waals surface area (Å²) in [7, 11) is 0. The summed E-state index contributed by atoms with van der Waals surface area (Å²) in [6.45, 7) is 0.706. The molecule has 0 aromatic heterocycles. The fourth-order valence-electron chi connectivity index (χ4n) is 3.16. The molecule has 0 saturated heterocycles.